The van der Waals surface area contributed by atoms with Crippen LogP contribution in [0.15, 0.2) is 74.0 Å². The largest absolute Gasteiger partial charge is 0.480 e. The monoisotopic (exact) mass is 669 g/mol. The van der Waals surface area contributed by atoms with E-state index in [9.17, 15) is 14.4 Å². The summed E-state index contributed by atoms with van der Waals surface area (Å²) >= 11 is 7.11. The molecule has 1 aliphatic heterocycles. The Hall–Kier alpha value is -2.71. The topological polar surface area (TPSA) is 83.9 Å². The van der Waals surface area contributed by atoms with Gasteiger partial charge < -0.3 is 14.7 Å². The molecule has 6 nitrogen and oxygen atoms in total. The van der Waals surface area contributed by atoms with Gasteiger partial charge in [-0.2, -0.15) is 0 Å². The van der Waals surface area contributed by atoms with Crippen molar-refractivity contribution in [2.45, 2.75) is 65.8 Å². The summed E-state index contributed by atoms with van der Waals surface area (Å²) in [4.78, 5) is 41.4. The fraction of sp³-hybridized carbons (Fsp3) is 0.406. The maximum absolute atomic E-state index is 14.0. The molecule has 0 saturated carbocycles. The molecule has 210 valence electrons. The minimum absolute atomic E-state index is 0.0666. The van der Waals surface area contributed by atoms with Crippen LogP contribution in [0, 0.1) is 10.8 Å². The summed E-state index contributed by atoms with van der Waals surface area (Å²) in [6.07, 6.45) is 2.27. The Bertz CT molecular complexity index is 1390. The van der Waals surface area contributed by atoms with Crippen molar-refractivity contribution in [2.24, 2.45) is 10.8 Å². The van der Waals surface area contributed by atoms with Crippen LogP contribution in [0.4, 0.5) is 0 Å². The molecule has 0 unspecified atom stereocenters. The van der Waals surface area contributed by atoms with Gasteiger partial charge in [0.25, 0.3) is 0 Å². The Morgan fingerprint density at radius 1 is 0.900 bits per heavy atom. The van der Waals surface area contributed by atoms with Crippen LogP contribution in [0.5, 0.6) is 5.75 Å². The van der Waals surface area contributed by atoms with E-state index in [2.05, 4.69) is 76.6 Å². The van der Waals surface area contributed by atoms with E-state index in [1.165, 1.54) is 0 Å². The van der Waals surface area contributed by atoms with Crippen LogP contribution in [0.3, 0.4) is 0 Å². The third kappa shape index (κ3) is 5.57. The van der Waals surface area contributed by atoms with Crippen molar-refractivity contribution in [1.82, 2.24) is 4.90 Å². The van der Waals surface area contributed by atoms with Crippen LogP contribution in [-0.4, -0.2) is 34.1 Å². The summed E-state index contributed by atoms with van der Waals surface area (Å²) in [5.74, 6) is -1.09. The number of benzene rings is 2. The first-order valence-corrected chi connectivity index (χ1v) is 15.0. The highest BCUT2D eigenvalue weighted by Gasteiger charge is 2.49. The number of carboxylic acid groups (broad SMARTS) is 1. The quantitative estimate of drug-likeness (QED) is 0.342. The van der Waals surface area contributed by atoms with Gasteiger partial charge in [0.15, 0.2) is 18.2 Å². The summed E-state index contributed by atoms with van der Waals surface area (Å²) in [5, 5.41) is 9.10. The lowest BCUT2D eigenvalue weighted by Crippen LogP contribution is -2.44. The van der Waals surface area contributed by atoms with Crippen molar-refractivity contribution in [3.8, 4) is 5.75 Å². The van der Waals surface area contributed by atoms with Gasteiger partial charge in [0.05, 0.1) is 8.95 Å². The van der Waals surface area contributed by atoms with E-state index < -0.39 is 18.5 Å². The molecular weight excluding hydrogens is 638 g/mol. The van der Waals surface area contributed by atoms with E-state index in [1.807, 2.05) is 30.3 Å². The van der Waals surface area contributed by atoms with Crippen LogP contribution < -0.4 is 4.74 Å². The van der Waals surface area contributed by atoms with Crippen molar-refractivity contribution in [2.75, 3.05) is 6.61 Å². The van der Waals surface area contributed by atoms with Crippen LogP contribution in [0.2, 0.25) is 0 Å². The van der Waals surface area contributed by atoms with Crippen molar-refractivity contribution in [3.05, 3.63) is 85.1 Å². The number of nitrogens with zero attached hydrogens (tertiary/aromatic N) is 1. The zero-order valence-electron chi connectivity index (χ0n) is 23.1. The van der Waals surface area contributed by atoms with Crippen molar-refractivity contribution in [3.63, 3.8) is 0 Å². The van der Waals surface area contributed by atoms with Gasteiger partial charge in [0, 0.05) is 47.8 Å². The molecule has 8 heteroatoms. The second kappa shape index (κ2) is 10.6. The summed E-state index contributed by atoms with van der Waals surface area (Å²) in [6.45, 7) is 8.63. The molecule has 3 aliphatic rings. The number of aliphatic carboxylic acids is 1. The van der Waals surface area contributed by atoms with Gasteiger partial charge in [-0.25, -0.2) is 4.79 Å². The maximum atomic E-state index is 14.0. The second-order valence-electron chi connectivity index (χ2n) is 12.6. The van der Waals surface area contributed by atoms with Gasteiger partial charge in [0.2, 0.25) is 0 Å². The molecule has 1 N–H and O–H groups in total. The predicted octanol–water partition coefficient (Wildman–Crippen LogP) is 7.56. The highest BCUT2D eigenvalue weighted by atomic mass is 79.9. The normalized spacial score (nSPS) is 20.4. The fourth-order valence-corrected chi connectivity index (χ4v) is 7.81. The van der Waals surface area contributed by atoms with Gasteiger partial charge in [0.1, 0.15) is 5.75 Å². The van der Waals surface area contributed by atoms with Crippen LogP contribution in [0.25, 0.3) is 0 Å². The zero-order chi connectivity index (χ0) is 29.0. The Morgan fingerprint density at radius 2 is 1.40 bits per heavy atom. The first-order valence-electron chi connectivity index (χ1n) is 13.4. The number of carboxylic acids is 1. The third-order valence-corrected chi connectivity index (χ3v) is 9.08. The van der Waals surface area contributed by atoms with Gasteiger partial charge in [-0.05, 0) is 78.8 Å². The van der Waals surface area contributed by atoms with Crippen molar-refractivity contribution >= 4 is 49.4 Å². The summed E-state index contributed by atoms with van der Waals surface area (Å²) < 4.78 is 6.62. The second-order valence-corrected chi connectivity index (χ2v) is 14.3. The van der Waals surface area contributed by atoms with Gasteiger partial charge in [-0.15, -0.1) is 0 Å². The van der Waals surface area contributed by atoms with Crippen molar-refractivity contribution < 1.29 is 24.2 Å². The van der Waals surface area contributed by atoms with E-state index in [1.54, 1.807) is 0 Å². The molecule has 0 atom stereocenters. The highest BCUT2D eigenvalue weighted by molar-refractivity contribution is 9.11. The number of carbonyl (C=O) groups excluding carboxylic acids is 2. The molecule has 0 spiro atoms. The standard InChI is InChI=1S/C32H33Br2NO5/c1-31(2)12-22-28(24(36)14-31)27(19-10-20(33)30(21(34)11-19)40-17-26(38)39)29-23(13-32(3,4)15-25(29)37)35(22)16-18-8-6-5-7-9-18/h5-11,27H,12-17H2,1-4H3,(H,38,39). The molecule has 2 aromatic carbocycles. The zero-order valence-corrected chi connectivity index (χ0v) is 26.3. The number of rotatable bonds is 6. The number of Topliss-reactive ketones (excluding diaryl/α,β-unsaturated/α-hetero) is 2. The smallest absolute Gasteiger partial charge is 0.341 e. The molecule has 2 aromatic rings. The minimum Gasteiger partial charge on any atom is -0.480 e. The number of halogens is 2. The van der Waals surface area contributed by atoms with E-state index in [4.69, 9.17) is 9.84 Å². The fourth-order valence-electron chi connectivity index (χ4n) is 6.36. The Labute approximate surface area is 251 Å². The third-order valence-electron chi connectivity index (χ3n) is 7.90. The molecular formula is C32H33Br2NO5. The lowest BCUT2D eigenvalue weighted by atomic mass is 9.63. The Morgan fingerprint density at radius 3 is 1.88 bits per heavy atom. The summed E-state index contributed by atoms with van der Waals surface area (Å²) in [5.41, 5.74) is 4.88. The molecule has 0 aromatic heterocycles. The number of carbonyl (C=O) groups is 3. The molecule has 0 fully saturated rings. The molecule has 0 saturated heterocycles. The first-order chi connectivity index (χ1) is 18.8. The highest BCUT2D eigenvalue weighted by Crippen LogP contribution is 2.55. The Kier molecular flexibility index (Phi) is 7.64. The van der Waals surface area contributed by atoms with Crippen molar-refractivity contribution in [1.29, 1.82) is 0 Å². The predicted molar refractivity (Wildman–Crippen MR) is 160 cm³/mol. The number of hydrogen-bond donors (Lipinski definition) is 1. The number of hydrogen-bond acceptors (Lipinski definition) is 5. The minimum atomic E-state index is -1.08. The molecule has 1 heterocycles. The van der Waals surface area contributed by atoms with Crippen LogP contribution in [0.1, 0.15) is 70.4 Å². The lowest BCUT2D eigenvalue weighted by molar-refractivity contribution is -0.139. The average Bonchev–Trinajstić information content (AvgIpc) is 2.83. The SMILES string of the molecule is CC1(C)CC(=O)C2=C(C1)N(Cc1ccccc1)C1=C(C(=O)CC(C)(C)C1)C2c1cc(Br)c(OCC(=O)O)c(Br)c1. The van der Waals surface area contributed by atoms with E-state index in [-0.39, 0.29) is 22.4 Å². The molecule has 5 rings (SSSR count). The number of allylic oxidation sites excluding steroid dienone is 4. The Balaban J connectivity index is 1.73. The molecule has 0 bridgehead atoms. The molecule has 2 aliphatic carbocycles. The molecule has 0 amide bonds. The number of ketones is 2. The number of ether oxygens (including phenoxy) is 1. The maximum Gasteiger partial charge on any atom is 0.341 e. The van der Waals surface area contributed by atoms with E-state index in [0.29, 0.717) is 45.2 Å². The first kappa shape index (κ1) is 28.8. The van der Waals surface area contributed by atoms with E-state index in [0.717, 1.165) is 35.4 Å². The van der Waals surface area contributed by atoms with E-state index >= 15 is 0 Å². The van der Waals surface area contributed by atoms with Crippen LogP contribution >= 0.6 is 31.9 Å². The summed E-state index contributed by atoms with van der Waals surface area (Å²) in [7, 11) is 0. The average molecular weight is 671 g/mol. The molecule has 0 radical (unpaired) electrons. The van der Waals surface area contributed by atoms with Gasteiger partial charge in [-0.3, -0.25) is 9.59 Å². The van der Waals surface area contributed by atoms with Gasteiger partial charge in [-0.1, -0.05) is 58.0 Å². The molecule has 40 heavy (non-hydrogen) atoms. The van der Waals surface area contributed by atoms with Gasteiger partial charge >= 0.3 is 5.97 Å². The lowest BCUT2D eigenvalue weighted by Gasteiger charge is -2.49. The van der Waals surface area contributed by atoms with Crippen LogP contribution in [-0.2, 0) is 20.9 Å². The summed E-state index contributed by atoms with van der Waals surface area (Å²) in [6, 6.07) is 13.9.